The second kappa shape index (κ2) is 7.98. The molecule has 152 valence electrons. The van der Waals surface area contributed by atoms with Crippen molar-refractivity contribution in [2.45, 2.75) is 38.6 Å². The first kappa shape index (κ1) is 19.0. The minimum absolute atomic E-state index is 0.0453. The number of aromatic nitrogens is 1. The molecule has 1 fully saturated rings. The highest BCUT2D eigenvalue weighted by molar-refractivity contribution is 5.68. The van der Waals surface area contributed by atoms with Gasteiger partial charge in [-0.25, -0.2) is 14.6 Å². The first-order chi connectivity index (χ1) is 14.0. The van der Waals surface area contributed by atoms with Crippen LogP contribution in [0.25, 0.3) is 0 Å². The number of amides is 2. The molecule has 29 heavy (non-hydrogen) atoms. The van der Waals surface area contributed by atoms with Crippen LogP contribution in [0.1, 0.15) is 23.7 Å². The van der Waals surface area contributed by atoms with Crippen molar-refractivity contribution in [1.29, 1.82) is 0 Å². The lowest BCUT2D eigenvalue weighted by atomic mass is 10.1. The van der Waals surface area contributed by atoms with Crippen LogP contribution in [0.3, 0.4) is 0 Å². The van der Waals surface area contributed by atoms with Crippen molar-refractivity contribution >= 4 is 18.0 Å². The molecule has 0 bridgehead atoms. The average Bonchev–Trinajstić information content (AvgIpc) is 3.09. The number of hydrogen-bond donors (Lipinski definition) is 2. The van der Waals surface area contributed by atoms with Gasteiger partial charge in [-0.05, 0) is 30.5 Å². The summed E-state index contributed by atoms with van der Waals surface area (Å²) in [6.07, 6.45) is -0.594. The van der Waals surface area contributed by atoms with Gasteiger partial charge in [-0.1, -0.05) is 36.4 Å². The normalized spacial score (nSPS) is 20.0. The number of piperazine rings is 1. The molecule has 0 spiro atoms. The van der Waals surface area contributed by atoms with Crippen LogP contribution in [0.2, 0.25) is 0 Å². The van der Waals surface area contributed by atoms with Crippen LogP contribution in [0, 0.1) is 0 Å². The monoisotopic (exact) mass is 396 g/mol. The quantitative estimate of drug-likeness (QED) is 0.825. The number of anilines is 1. The maximum absolute atomic E-state index is 12.0. The molecule has 0 unspecified atom stereocenters. The molecule has 2 aliphatic heterocycles. The van der Waals surface area contributed by atoms with Gasteiger partial charge in [0.2, 0.25) is 0 Å². The van der Waals surface area contributed by atoms with Gasteiger partial charge in [-0.3, -0.25) is 0 Å². The number of pyridine rings is 1. The standard InChI is InChI=1S/C21H24N4O4/c1-14-11-24(21(27)28)12-18-9-16-7-8-17(23-19(16)25(14)18)13-29-20(26)22-10-15-5-3-2-4-6-15/h2-8,14,18H,9-13H2,1H3,(H,22,26)(H,27,28)/t14-,18-/m1/s1. The maximum Gasteiger partial charge on any atom is 0.407 e. The number of nitrogens with zero attached hydrogens (tertiary/aromatic N) is 3. The van der Waals surface area contributed by atoms with Gasteiger partial charge in [0.15, 0.2) is 0 Å². The first-order valence-electron chi connectivity index (χ1n) is 9.71. The molecule has 3 heterocycles. The fraction of sp³-hybridized carbons (Fsp3) is 0.381. The molecule has 1 saturated heterocycles. The van der Waals surface area contributed by atoms with Crippen LogP contribution >= 0.6 is 0 Å². The molecule has 1 aromatic carbocycles. The van der Waals surface area contributed by atoms with Crippen molar-refractivity contribution in [2.24, 2.45) is 0 Å². The van der Waals surface area contributed by atoms with Crippen LogP contribution in [0.5, 0.6) is 0 Å². The minimum Gasteiger partial charge on any atom is -0.465 e. The Labute approximate surface area is 169 Å². The molecule has 2 aromatic rings. The fourth-order valence-corrected chi connectivity index (χ4v) is 4.08. The highest BCUT2D eigenvalue weighted by Gasteiger charge is 2.40. The Morgan fingerprint density at radius 3 is 2.76 bits per heavy atom. The molecule has 2 aliphatic rings. The molecule has 4 rings (SSSR count). The van der Waals surface area contributed by atoms with Crippen LogP contribution < -0.4 is 10.2 Å². The van der Waals surface area contributed by atoms with E-state index in [0.29, 0.717) is 25.3 Å². The Bertz CT molecular complexity index is 905. The largest absolute Gasteiger partial charge is 0.465 e. The number of benzene rings is 1. The van der Waals surface area contributed by atoms with Crippen LogP contribution in [-0.2, 0) is 24.3 Å². The lowest BCUT2D eigenvalue weighted by molar-refractivity contribution is 0.128. The number of ether oxygens (including phenoxy) is 1. The van der Waals surface area contributed by atoms with E-state index in [1.54, 1.807) is 0 Å². The molecule has 1 aromatic heterocycles. The van der Waals surface area contributed by atoms with E-state index < -0.39 is 12.2 Å². The Morgan fingerprint density at radius 2 is 2.00 bits per heavy atom. The summed E-state index contributed by atoms with van der Waals surface area (Å²) >= 11 is 0. The molecular weight excluding hydrogens is 372 g/mol. The van der Waals surface area contributed by atoms with Gasteiger partial charge < -0.3 is 25.0 Å². The van der Waals surface area contributed by atoms with Gasteiger partial charge in [0, 0.05) is 25.7 Å². The molecule has 2 atom stereocenters. The number of fused-ring (bicyclic) bond motifs is 3. The zero-order chi connectivity index (χ0) is 20.4. The summed E-state index contributed by atoms with van der Waals surface area (Å²) in [5, 5.41) is 12.0. The number of hydrogen-bond acceptors (Lipinski definition) is 5. The van der Waals surface area contributed by atoms with E-state index in [0.717, 1.165) is 23.4 Å². The summed E-state index contributed by atoms with van der Waals surface area (Å²) in [5.74, 6) is 0.873. The third-order valence-electron chi connectivity index (χ3n) is 5.40. The van der Waals surface area contributed by atoms with Crippen molar-refractivity contribution in [2.75, 3.05) is 18.0 Å². The van der Waals surface area contributed by atoms with Crippen molar-refractivity contribution < 1.29 is 19.4 Å². The number of carboxylic acid groups (broad SMARTS) is 1. The van der Waals surface area contributed by atoms with Gasteiger partial charge in [-0.15, -0.1) is 0 Å². The second-order valence-corrected chi connectivity index (χ2v) is 7.50. The van der Waals surface area contributed by atoms with Gasteiger partial charge in [0.1, 0.15) is 12.4 Å². The van der Waals surface area contributed by atoms with Gasteiger partial charge >= 0.3 is 12.2 Å². The third-order valence-corrected chi connectivity index (χ3v) is 5.40. The Hall–Kier alpha value is -3.29. The minimum atomic E-state index is -0.879. The number of carbonyl (C=O) groups excluding carboxylic acids is 1. The van der Waals surface area contributed by atoms with Gasteiger partial charge in [0.25, 0.3) is 0 Å². The lowest BCUT2D eigenvalue weighted by Crippen LogP contribution is -2.58. The smallest absolute Gasteiger partial charge is 0.407 e. The molecule has 0 radical (unpaired) electrons. The number of rotatable bonds is 4. The lowest BCUT2D eigenvalue weighted by Gasteiger charge is -2.42. The number of carbonyl (C=O) groups is 2. The van der Waals surface area contributed by atoms with E-state index in [4.69, 9.17) is 9.72 Å². The predicted molar refractivity (Wildman–Crippen MR) is 107 cm³/mol. The highest BCUT2D eigenvalue weighted by Crippen LogP contribution is 2.35. The molecule has 0 saturated carbocycles. The van der Waals surface area contributed by atoms with Crippen LogP contribution in [0.15, 0.2) is 42.5 Å². The van der Waals surface area contributed by atoms with E-state index in [2.05, 4.69) is 10.2 Å². The maximum atomic E-state index is 12.0. The Morgan fingerprint density at radius 1 is 1.21 bits per heavy atom. The summed E-state index contributed by atoms with van der Waals surface area (Å²) < 4.78 is 5.30. The Kier molecular flexibility index (Phi) is 5.24. The summed E-state index contributed by atoms with van der Waals surface area (Å²) in [6.45, 7) is 3.44. The molecular formula is C21H24N4O4. The van der Waals surface area contributed by atoms with E-state index in [-0.39, 0.29) is 18.7 Å². The van der Waals surface area contributed by atoms with Crippen molar-refractivity contribution in [3.05, 3.63) is 59.3 Å². The topological polar surface area (TPSA) is 95.0 Å². The highest BCUT2D eigenvalue weighted by atomic mass is 16.5. The Balaban J connectivity index is 1.36. The summed E-state index contributed by atoms with van der Waals surface area (Å²) in [4.78, 5) is 31.7. The zero-order valence-electron chi connectivity index (χ0n) is 16.2. The van der Waals surface area contributed by atoms with E-state index in [1.807, 2.05) is 49.4 Å². The molecule has 2 N–H and O–H groups in total. The van der Waals surface area contributed by atoms with Gasteiger partial charge in [0.05, 0.1) is 11.7 Å². The van der Waals surface area contributed by atoms with Crippen molar-refractivity contribution in [3.63, 3.8) is 0 Å². The SMILES string of the molecule is C[C@@H]1CN(C(=O)O)C[C@H]2Cc3ccc(COC(=O)NCc4ccccc4)nc3N21. The van der Waals surface area contributed by atoms with Crippen LogP contribution in [-0.4, -0.2) is 52.4 Å². The van der Waals surface area contributed by atoms with Crippen molar-refractivity contribution in [3.8, 4) is 0 Å². The molecule has 8 nitrogen and oxygen atoms in total. The van der Waals surface area contributed by atoms with Crippen molar-refractivity contribution in [1.82, 2.24) is 15.2 Å². The van der Waals surface area contributed by atoms with Gasteiger partial charge in [-0.2, -0.15) is 0 Å². The third kappa shape index (κ3) is 4.11. The molecule has 8 heteroatoms. The average molecular weight is 396 g/mol. The summed E-state index contributed by atoms with van der Waals surface area (Å²) in [5.41, 5.74) is 2.78. The molecule has 2 amide bonds. The number of alkyl carbamates (subject to hydrolysis) is 1. The molecule has 0 aliphatic carbocycles. The predicted octanol–water partition coefficient (Wildman–Crippen LogP) is 2.62. The zero-order valence-corrected chi connectivity index (χ0v) is 16.2. The van der Waals surface area contributed by atoms with E-state index in [1.165, 1.54) is 4.90 Å². The second-order valence-electron chi connectivity index (χ2n) is 7.50. The first-order valence-corrected chi connectivity index (χ1v) is 9.71. The summed E-state index contributed by atoms with van der Waals surface area (Å²) in [7, 11) is 0. The number of nitrogens with one attached hydrogen (secondary N) is 1. The van der Waals surface area contributed by atoms with E-state index in [9.17, 15) is 14.7 Å². The van der Waals surface area contributed by atoms with E-state index >= 15 is 0 Å². The van der Waals surface area contributed by atoms with Crippen LogP contribution in [0.4, 0.5) is 15.4 Å². The summed E-state index contributed by atoms with van der Waals surface area (Å²) in [6, 6.07) is 13.6. The fourth-order valence-electron chi connectivity index (χ4n) is 4.08.